The molecule has 2 heterocycles. The van der Waals surface area contributed by atoms with Gasteiger partial charge in [-0.1, -0.05) is 48.5 Å². The lowest BCUT2D eigenvalue weighted by atomic mass is 9.97. The van der Waals surface area contributed by atoms with Gasteiger partial charge in [0.15, 0.2) is 0 Å². The van der Waals surface area contributed by atoms with Gasteiger partial charge >= 0.3 is 0 Å². The molecule has 2 aliphatic heterocycles. The van der Waals surface area contributed by atoms with Gasteiger partial charge in [-0.15, -0.1) is 0 Å². The number of hydrogen-bond acceptors (Lipinski definition) is 4. The molecule has 0 unspecified atom stereocenters. The maximum Gasteiger partial charge on any atom is 0.236 e. The maximum atomic E-state index is 12.6. The molecule has 0 aromatic heterocycles. The number of hydrogen-bond donors (Lipinski definition) is 1. The molecular formula is C24H29N3O3S. The SMILES string of the molecule is O=C(NCCN1CCc2ccccc21)C1CCN(S(=O)(=O)C=Cc2ccccc2)CC1. The second-order valence-corrected chi connectivity index (χ2v) is 9.91. The number of fused-ring (bicyclic) bond motifs is 1. The molecule has 31 heavy (non-hydrogen) atoms. The van der Waals surface area contributed by atoms with Crippen molar-refractivity contribution in [1.82, 2.24) is 9.62 Å². The Morgan fingerprint density at radius 3 is 2.48 bits per heavy atom. The number of anilines is 1. The minimum atomic E-state index is -3.47. The van der Waals surface area contributed by atoms with Crippen LogP contribution in [-0.4, -0.2) is 51.4 Å². The van der Waals surface area contributed by atoms with Crippen molar-refractivity contribution in [3.63, 3.8) is 0 Å². The molecule has 1 amide bonds. The third-order valence-electron chi connectivity index (χ3n) is 6.08. The molecule has 1 fully saturated rings. The number of benzene rings is 2. The van der Waals surface area contributed by atoms with E-state index < -0.39 is 10.0 Å². The minimum absolute atomic E-state index is 0.0318. The second kappa shape index (κ2) is 9.66. The molecule has 7 heteroatoms. The van der Waals surface area contributed by atoms with Crippen LogP contribution in [0, 0.1) is 5.92 Å². The van der Waals surface area contributed by atoms with Crippen molar-refractivity contribution >= 4 is 27.7 Å². The number of rotatable bonds is 7. The highest BCUT2D eigenvalue weighted by Gasteiger charge is 2.30. The fourth-order valence-corrected chi connectivity index (χ4v) is 5.51. The van der Waals surface area contributed by atoms with E-state index in [-0.39, 0.29) is 11.8 Å². The van der Waals surface area contributed by atoms with E-state index in [0.717, 1.165) is 25.1 Å². The summed E-state index contributed by atoms with van der Waals surface area (Å²) in [5.74, 6) is -0.0974. The standard InChI is InChI=1S/C24H29N3O3S/c28-24(25-14-18-26-15-10-21-8-4-5-9-23(21)26)22-11-16-27(17-12-22)31(29,30)19-13-20-6-2-1-3-7-20/h1-9,13,19,22H,10-12,14-18H2,(H,25,28). The number of sulfonamides is 1. The van der Waals surface area contributed by atoms with Crippen LogP contribution in [0.2, 0.25) is 0 Å². The lowest BCUT2D eigenvalue weighted by Gasteiger charge is -2.30. The van der Waals surface area contributed by atoms with Crippen molar-refractivity contribution in [2.75, 3.05) is 37.6 Å². The molecule has 2 aromatic rings. The zero-order chi connectivity index (χ0) is 21.7. The van der Waals surface area contributed by atoms with Gasteiger partial charge in [0.25, 0.3) is 0 Å². The predicted octanol–water partition coefficient (Wildman–Crippen LogP) is 2.88. The number of carbonyl (C=O) groups is 1. The first-order valence-corrected chi connectivity index (χ1v) is 12.4. The van der Waals surface area contributed by atoms with Crippen molar-refractivity contribution in [3.05, 3.63) is 71.1 Å². The lowest BCUT2D eigenvalue weighted by molar-refractivity contribution is -0.126. The van der Waals surface area contributed by atoms with Crippen LogP contribution in [-0.2, 0) is 21.2 Å². The number of para-hydroxylation sites is 1. The summed E-state index contributed by atoms with van der Waals surface area (Å²) >= 11 is 0. The van der Waals surface area contributed by atoms with Gasteiger partial charge in [0.2, 0.25) is 15.9 Å². The van der Waals surface area contributed by atoms with Crippen molar-refractivity contribution in [1.29, 1.82) is 0 Å². The van der Waals surface area contributed by atoms with E-state index in [9.17, 15) is 13.2 Å². The summed E-state index contributed by atoms with van der Waals surface area (Å²) in [5.41, 5.74) is 3.48. The summed E-state index contributed by atoms with van der Waals surface area (Å²) in [5, 5.41) is 4.31. The third kappa shape index (κ3) is 5.35. The lowest BCUT2D eigenvalue weighted by Crippen LogP contribution is -2.43. The zero-order valence-corrected chi connectivity index (χ0v) is 18.4. The predicted molar refractivity (Wildman–Crippen MR) is 124 cm³/mol. The normalized spacial score (nSPS) is 17.7. The highest BCUT2D eigenvalue weighted by Crippen LogP contribution is 2.26. The molecule has 0 spiro atoms. The van der Waals surface area contributed by atoms with Gasteiger partial charge in [-0.2, -0.15) is 4.31 Å². The number of piperidine rings is 1. The fourth-order valence-electron chi connectivity index (χ4n) is 4.28. The van der Waals surface area contributed by atoms with Crippen LogP contribution >= 0.6 is 0 Å². The Labute approximate surface area is 184 Å². The van der Waals surface area contributed by atoms with E-state index in [0.29, 0.717) is 32.5 Å². The van der Waals surface area contributed by atoms with Crippen LogP contribution in [0.4, 0.5) is 5.69 Å². The van der Waals surface area contributed by atoms with E-state index in [1.54, 1.807) is 6.08 Å². The van der Waals surface area contributed by atoms with Crippen molar-refractivity contribution < 1.29 is 13.2 Å². The van der Waals surface area contributed by atoms with E-state index in [4.69, 9.17) is 0 Å². The summed E-state index contributed by atoms with van der Waals surface area (Å²) < 4.78 is 26.6. The van der Waals surface area contributed by atoms with Crippen molar-refractivity contribution in [2.45, 2.75) is 19.3 Å². The van der Waals surface area contributed by atoms with Crippen LogP contribution in [0.1, 0.15) is 24.0 Å². The average molecular weight is 440 g/mol. The Morgan fingerprint density at radius 2 is 1.71 bits per heavy atom. The summed E-state index contributed by atoms with van der Waals surface area (Å²) in [6.45, 7) is 3.13. The zero-order valence-electron chi connectivity index (χ0n) is 17.6. The Morgan fingerprint density at radius 1 is 1.00 bits per heavy atom. The van der Waals surface area contributed by atoms with Crippen LogP contribution in [0.15, 0.2) is 60.0 Å². The molecule has 2 aromatic carbocycles. The molecular weight excluding hydrogens is 410 g/mol. The smallest absolute Gasteiger partial charge is 0.236 e. The van der Waals surface area contributed by atoms with Crippen molar-refractivity contribution in [3.8, 4) is 0 Å². The second-order valence-electron chi connectivity index (χ2n) is 8.09. The van der Waals surface area contributed by atoms with E-state index in [2.05, 4.69) is 28.4 Å². The summed E-state index contributed by atoms with van der Waals surface area (Å²) in [7, 11) is -3.47. The highest BCUT2D eigenvalue weighted by molar-refractivity contribution is 7.92. The molecule has 0 saturated carbocycles. The molecule has 1 N–H and O–H groups in total. The Balaban J connectivity index is 1.22. The van der Waals surface area contributed by atoms with E-state index in [1.165, 1.54) is 21.0 Å². The van der Waals surface area contributed by atoms with Gasteiger partial charge < -0.3 is 10.2 Å². The number of nitrogens with zero attached hydrogens (tertiary/aromatic N) is 2. The third-order valence-corrected chi connectivity index (χ3v) is 7.65. The quantitative estimate of drug-likeness (QED) is 0.720. The van der Waals surface area contributed by atoms with Gasteiger partial charge in [0, 0.05) is 49.7 Å². The molecule has 0 atom stereocenters. The van der Waals surface area contributed by atoms with Crippen LogP contribution < -0.4 is 10.2 Å². The van der Waals surface area contributed by atoms with E-state index in [1.807, 2.05) is 36.4 Å². The van der Waals surface area contributed by atoms with Crippen LogP contribution in [0.25, 0.3) is 6.08 Å². The molecule has 4 rings (SSSR count). The molecule has 164 valence electrons. The molecule has 2 aliphatic rings. The monoisotopic (exact) mass is 439 g/mol. The van der Waals surface area contributed by atoms with Gasteiger partial charge in [-0.3, -0.25) is 4.79 Å². The fraction of sp³-hybridized carbons (Fsp3) is 0.375. The van der Waals surface area contributed by atoms with Crippen LogP contribution in [0.5, 0.6) is 0 Å². The average Bonchev–Trinajstić information content (AvgIpc) is 3.22. The molecule has 0 radical (unpaired) electrons. The Kier molecular flexibility index (Phi) is 6.73. The van der Waals surface area contributed by atoms with Gasteiger partial charge in [0.05, 0.1) is 0 Å². The first-order valence-electron chi connectivity index (χ1n) is 10.9. The van der Waals surface area contributed by atoms with Gasteiger partial charge in [-0.05, 0) is 42.5 Å². The number of amides is 1. The number of nitrogens with one attached hydrogen (secondary N) is 1. The first kappa shape index (κ1) is 21.6. The highest BCUT2D eigenvalue weighted by atomic mass is 32.2. The molecule has 0 aliphatic carbocycles. The van der Waals surface area contributed by atoms with Gasteiger partial charge in [-0.25, -0.2) is 8.42 Å². The minimum Gasteiger partial charge on any atom is -0.369 e. The summed E-state index contributed by atoms with van der Waals surface area (Å²) in [4.78, 5) is 14.9. The maximum absolute atomic E-state index is 12.6. The van der Waals surface area contributed by atoms with Crippen molar-refractivity contribution in [2.24, 2.45) is 5.92 Å². The molecule has 6 nitrogen and oxygen atoms in total. The Hall–Kier alpha value is -2.64. The van der Waals surface area contributed by atoms with Crippen LogP contribution in [0.3, 0.4) is 0 Å². The van der Waals surface area contributed by atoms with E-state index >= 15 is 0 Å². The van der Waals surface area contributed by atoms with Gasteiger partial charge in [0.1, 0.15) is 0 Å². The topological polar surface area (TPSA) is 69.7 Å². The Bertz CT molecular complexity index is 1030. The molecule has 1 saturated heterocycles. The summed E-state index contributed by atoms with van der Waals surface area (Å²) in [6, 6.07) is 17.8. The largest absolute Gasteiger partial charge is 0.369 e. The molecule has 0 bridgehead atoms. The number of carbonyl (C=O) groups excluding carboxylic acids is 1. The summed E-state index contributed by atoms with van der Waals surface area (Å²) in [6.07, 6.45) is 3.77. The first-order chi connectivity index (χ1) is 15.0.